The van der Waals surface area contributed by atoms with E-state index in [2.05, 4.69) is 9.72 Å². The molecule has 0 saturated carbocycles. The Morgan fingerprint density at radius 3 is 1.58 bits per heavy atom. The standard InChI is InChI=1S/C17H8F15NO3/c1-7(34)9(5-8-3-2-4-33-6-8)10(35)36-17(31,32)15(26,27)13(22,23)11(18,19)12(20,21)14(24,25)16(28,29)30/h2-6H,1H3. The van der Waals surface area contributed by atoms with Crippen molar-refractivity contribution >= 4 is 17.8 Å². The highest BCUT2D eigenvalue weighted by molar-refractivity contribution is 6.19. The van der Waals surface area contributed by atoms with Gasteiger partial charge in [0, 0.05) is 12.4 Å². The molecule has 1 heterocycles. The number of halogens is 15. The molecule has 0 spiro atoms. The summed E-state index contributed by atoms with van der Waals surface area (Å²) in [5.74, 6) is -46.1. The maximum absolute atomic E-state index is 13.7. The second-order valence-corrected chi connectivity index (χ2v) is 6.68. The van der Waals surface area contributed by atoms with Crippen molar-refractivity contribution in [2.75, 3.05) is 0 Å². The lowest BCUT2D eigenvalue weighted by Gasteiger charge is -2.40. The van der Waals surface area contributed by atoms with E-state index in [0.29, 0.717) is 13.0 Å². The first-order valence-corrected chi connectivity index (χ1v) is 8.49. The number of ether oxygens (including phenoxy) is 1. The molecule has 1 aromatic rings. The third kappa shape index (κ3) is 4.82. The Hall–Kier alpha value is -3.02. The highest BCUT2D eigenvalue weighted by atomic mass is 19.4. The lowest BCUT2D eigenvalue weighted by molar-refractivity contribution is -0.467. The number of alkyl halides is 15. The van der Waals surface area contributed by atoms with Gasteiger partial charge in [0.15, 0.2) is 5.78 Å². The molecule has 1 aromatic heterocycles. The summed E-state index contributed by atoms with van der Waals surface area (Å²) in [6, 6.07) is 2.12. The van der Waals surface area contributed by atoms with Gasteiger partial charge >= 0.3 is 47.9 Å². The molecule has 0 aliphatic heterocycles. The van der Waals surface area contributed by atoms with Crippen LogP contribution in [0.25, 0.3) is 6.08 Å². The number of ketones is 1. The van der Waals surface area contributed by atoms with E-state index in [4.69, 9.17) is 0 Å². The van der Waals surface area contributed by atoms with Crippen LogP contribution in [0.1, 0.15) is 12.5 Å². The molecule has 0 unspecified atom stereocenters. The van der Waals surface area contributed by atoms with Gasteiger partial charge in [-0.25, -0.2) is 4.79 Å². The molecule has 0 saturated heterocycles. The normalized spacial score (nSPS) is 15.1. The Kier molecular flexibility index (Phi) is 7.86. The van der Waals surface area contributed by atoms with Crippen LogP contribution in [-0.4, -0.2) is 58.6 Å². The van der Waals surface area contributed by atoms with Crippen LogP contribution in [0.2, 0.25) is 0 Å². The van der Waals surface area contributed by atoms with Gasteiger partial charge in [-0.15, -0.1) is 0 Å². The van der Waals surface area contributed by atoms with E-state index in [9.17, 15) is 75.4 Å². The Morgan fingerprint density at radius 1 is 0.750 bits per heavy atom. The summed E-state index contributed by atoms with van der Waals surface area (Å²) in [5, 5.41) is 0. The molecule has 1 rings (SSSR count). The third-order valence-corrected chi connectivity index (χ3v) is 4.11. The van der Waals surface area contributed by atoms with Crippen LogP contribution in [0.15, 0.2) is 30.1 Å². The van der Waals surface area contributed by atoms with E-state index in [0.717, 1.165) is 24.5 Å². The molecule has 0 N–H and O–H groups in total. The van der Waals surface area contributed by atoms with Gasteiger partial charge in [0.2, 0.25) is 0 Å². The molecule has 0 fully saturated rings. The van der Waals surface area contributed by atoms with Gasteiger partial charge in [-0.1, -0.05) is 6.07 Å². The highest BCUT2D eigenvalue weighted by Gasteiger charge is 2.94. The maximum Gasteiger partial charge on any atom is 0.473 e. The zero-order chi connectivity index (χ0) is 28.8. The van der Waals surface area contributed by atoms with Crippen molar-refractivity contribution < 1.29 is 80.2 Å². The molecular formula is C17H8F15NO3. The van der Waals surface area contributed by atoms with Gasteiger partial charge in [0.05, 0.1) is 0 Å². The third-order valence-electron chi connectivity index (χ3n) is 4.11. The van der Waals surface area contributed by atoms with E-state index in [-0.39, 0.29) is 5.56 Å². The zero-order valence-electron chi connectivity index (χ0n) is 16.7. The number of carbonyl (C=O) groups is 2. The minimum Gasteiger partial charge on any atom is -0.392 e. The smallest absolute Gasteiger partial charge is 0.392 e. The molecule has 0 atom stereocenters. The van der Waals surface area contributed by atoms with E-state index >= 15 is 0 Å². The Labute approximate surface area is 188 Å². The number of carbonyl (C=O) groups excluding carboxylic acids is 2. The van der Waals surface area contributed by atoms with Gasteiger partial charge in [0.1, 0.15) is 5.57 Å². The minimum atomic E-state index is -8.53. The average molecular weight is 559 g/mol. The van der Waals surface area contributed by atoms with E-state index in [1.165, 1.54) is 0 Å². The number of pyridine rings is 1. The van der Waals surface area contributed by atoms with Crippen molar-refractivity contribution in [3.05, 3.63) is 35.7 Å². The van der Waals surface area contributed by atoms with E-state index in [1.54, 1.807) is 0 Å². The molecule has 0 aromatic carbocycles. The van der Waals surface area contributed by atoms with Crippen molar-refractivity contribution in [1.82, 2.24) is 4.98 Å². The molecule has 0 radical (unpaired) electrons. The number of Topliss-reactive ketones (excluding diaryl/α,β-unsaturated/α-hetero) is 1. The van der Waals surface area contributed by atoms with Gasteiger partial charge in [-0.3, -0.25) is 9.78 Å². The van der Waals surface area contributed by atoms with Crippen molar-refractivity contribution in [2.24, 2.45) is 0 Å². The summed E-state index contributed by atoms with van der Waals surface area (Å²) < 4.78 is 200. The number of hydrogen-bond acceptors (Lipinski definition) is 4. The SMILES string of the molecule is CC(=O)C(=Cc1cccnc1)C(=O)OC(F)(F)C(F)(F)C(F)(F)C(F)(F)C(F)(F)C(F)(F)C(F)(F)F. The fourth-order valence-corrected chi connectivity index (χ4v) is 2.12. The molecule has 36 heavy (non-hydrogen) atoms. The van der Waals surface area contributed by atoms with Crippen molar-refractivity contribution in [3.8, 4) is 0 Å². The summed E-state index contributed by atoms with van der Waals surface area (Å²) in [6.45, 7) is 0.405. The molecule has 0 aliphatic carbocycles. The van der Waals surface area contributed by atoms with Crippen LogP contribution >= 0.6 is 0 Å². The first kappa shape index (κ1) is 31.0. The largest absolute Gasteiger partial charge is 0.473 e. The summed E-state index contributed by atoms with van der Waals surface area (Å²) in [5.41, 5.74) is -1.94. The molecule has 0 bridgehead atoms. The van der Waals surface area contributed by atoms with Crippen molar-refractivity contribution in [2.45, 2.75) is 48.8 Å². The monoisotopic (exact) mass is 559 g/mol. The lowest BCUT2D eigenvalue weighted by atomic mass is 9.93. The number of nitrogens with zero attached hydrogens (tertiary/aromatic N) is 1. The summed E-state index contributed by atoms with van der Waals surface area (Å²) in [4.78, 5) is 26.6. The predicted molar refractivity (Wildman–Crippen MR) is 84.7 cm³/mol. The number of rotatable bonds is 9. The second kappa shape index (κ2) is 9.13. The average Bonchev–Trinajstić information content (AvgIpc) is 2.70. The predicted octanol–water partition coefficient (Wildman–Crippen LogP) is 5.93. The van der Waals surface area contributed by atoms with Crippen molar-refractivity contribution in [1.29, 1.82) is 0 Å². The highest BCUT2D eigenvalue weighted by Crippen LogP contribution is 2.62. The lowest BCUT2D eigenvalue weighted by Crippen LogP contribution is -2.73. The molecule has 204 valence electrons. The first-order chi connectivity index (χ1) is 15.8. The van der Waals surface area contributed by atoms with Crippen LogP contribution in [-0.2, 0) is 14.3 Å². The number of esters is 1. The summed E-state index contributed by atoms with van der Waals surface area (Å²) >= 11 is 0. The Balaban J connectivity index is 3.52. The summed E-state index contributed by atoms with van der Waals surface area (Å²) in [7, 11) is 0. The topological polar surface area (TPSA) is 56.3 Å². The first-order valence-electron chi connectivity index (χ1n) is 8.49. The van der Waals surface area contributed by atoms with Crippen LogP contribution in [0.4, 0.5) is 65.9 Å². The van der Waals surface area contributed by atoms with Crippen LogP contribution in [0.5, 0.6) is 0 Å². The number of aromatic nitrogens is 1. The Bertz CT molecular complexity index is 1020. The molecule has 19 heteroatoms. The molecule has 0 aliphatic rings. The van der Waals surface area contributed by atoms with Gasteiger partial charge in [0.25, 0.3) is 0 Å². The van der Waals surface area contributed by atoms with Crippen LogP contribution in [0, 0.1) is 0 Å². The second-order valence-electron chi connectivity index (χ2n) is 6.68. The number of hydrogen-bond donors (Lipinski definition) is 0. The van der Waals surface area contributed by atoms with Gasteiger partial charge in [-0.2, -0.15) is 65.9 Å². The van der Waals surface area contributed by atoms with Crippen molar-refractivity contribution in [3.63, 3.8) is 0 Å². The fourth-order valence-electron chi connectivity index (χ4n) is 2.12. The molecule has 0 amide bonds. The molecular weight excluding hydrogens is 551 g/mol. The fraction of sp³-hybridized carbons (Fsp3) is 0.471. The zero-order valence-corrected chi connectivity index (χ0v) is 16.7. The Morgan fingerprint density at radius 2 is 1.19 bits per heavy atom. The van der Waals surface area contributed by atoms with Crippen LogP contribution in [0.3, 0.4) is 0 Å². The van der Waals surface area contributed by atoms with Gasteiger partial charge < -0.3 is 4.74 Å². The minimum absolute atomic E-state index is 0.302. The van der Waals surface area contributed by atoms with Crippen LogP contribution < -0.4 is 0 Å². The molecule has 4 nitrogen and oxygen atoms in total. The maximum atomic E-state index is 13.7. The summed E-state index contributed by atoms with van der Waals surface area (Å²) in [6.07, 6.45) is -12.8. The van der Waals surface area contributed by atoms with E-state index < -0.39 is 59.2 Å². The van der Waals surface area contributed by atoms with Gasteiger partial charge in [-0.05, 0) is 24.6 Å². The van der Waals surface area contributed by atoms with E-state index in [1.807, 2.05) is 0 Å². The quantitative estimate of drug-likeness (QED) is 0.124.